The third-order valence-corrected chi connectivity index (χ3v) is 7.13. The molecule has 23 heavy (non-hydrogen) atoms. The van der Waals surface area contributed by atoms with Gasteiger partial charge < -0.3 is 1.43 Å². The van der Waals surface area contributed by atoms with E-state index in [0.29, 0.717) is 12.1 Å². The fraction of sp³-hybridized carbons (Fsp3) is 0.333. The summed E-state index contributed by atoms with van der Waals surface area (Å²) in [5.41, 5.74) is 0. The van der Waals surface area contributed by atoms with Gasteiger partial charge in [-0.3, -0.25) is 12.5 Å². The van der Waals surface area contributed by atoms with Crippen LogP contribution in [-0.2, 0) is 42.9 Å². The van der Waals surface area contributed by atoms with Crippen molar-refractivity contribution in [3.05, 3.63) is 12.1 Å². The van der Waals surface area contributed by atoms with Gasteiger partial charge in [0.25, 0.3) is 30.4 Å². The molecule has 0 atom stereocenters. The molecule has 0 heterocycles. The smallest absolute Gasteiger partial charge is 1.00 e. The van der Waals surface area contributed by atoms with E-state index >= 15 is 0 Å². The zero-order valence-electron chi connectivity index (χ0n) is 13.5. The van der Waals surface area contributed by atoms with E-state index < -0.39 is 49.9 Å². The van der Waals surface area contributed by atoms with E-state index in [0.717, 1.165) is 21.3 Å². The van der Waals surface area contributed by atoms with Gasteiger partial charge in [-0.2, -0.15) is 25.3 Å². The molecule has 128 valence electrons. The Kier molecular flexibility index (Phi) is 8.23. The molecule has 0 bridgehead atoms. The molecule has 0 aromatic heterocycles. The monoisotopic (exact) mass is 416 g/mol. The predicted octanol–water partition coefficient (Wildman–Crippen LogP) is -2.90. The molecule has 0 amide bonds. The Bertz CT molecular complexity index is 838. The Labute approximate surface area is 163 Å². The minimum atomic E-state index is -4.43. The van der Waals surface area contributed by atoms with Gasteiger partial charge in [0.1, 0.15) is 9.79 Å². The van der Waals surface area contributed by atoms with E-state index in [1.165, 1.54) is 0 Å². The van der Waals surface area contributed by atoms with Crippen LogP contribution in [0.15, 0.2) is 31.7 Å². The summed E-state index contributed by atoms with van der Waals surface area (Å²) in [6, 6.07) is 1.35. The van der Waals surface area contributed by atoms with Crippen LogP contribution in [-0.4, -0.2) is 46.6 Å². The molecular weight excluding hydrogens is 403 g/mol. The van der Waals surface area contributed by atoms with Crippen LogP contribution in [0.5, 0.6) is 0 Å². The first kappa shape index (κ1) is 23.3. The summed E-state index contributed by atoms with van der Waals surface area (Å²) in [6.45, 7) is 0. The SMILES string of the molecule is COS(=O)(=O)c1cc(S(=O)(=O)OC)c(S)c(S(=O)(=O)OC)c1.[H-].[Na+]. The Morgan fingerprint density at radius 1 is 0.783 bits per heavy atom. The fourth-order valence-corrected chi connectivity index (χ4v) is 4.69. The van der Waals surface area contributed by atoms with Crippen molar-refractivity contribution in [3.8, 4) is 0 Å². The van der Waals surface area contributed by atoms with E-state index in [-0.39, 0.29) is 31.0 Å². The molecule has 0 fully saturated rings. The van der Waals surface area contributed by atoms with Crippen molar-refractivity contribution in [1.29, 1.82) is 0 Å². The Morgan fingerprint density at radius 3 is 1.35 bits per heavy atom. The second-order valence-electron chi connectivity index (χ2n) is 3.63. The summed E-state index contributed by atoms with van der Waals surface area (Å²) in [5, 5.41) is 0. The summed E-state index contributed by atoms with van der Waals surface area (Å²) in [7, 11) is -10.7. The molecule has 0 aliphatic heterocycles. The van der Waals surface area contributed by atoms with Gasteiger partial charge in [0.15, 0.2) is 0 Å². The number of rotatable bonds is 6. The molecule has 0 N–H and O–H groups in total. The van der Waals surface area contributed by atoms with E-state index in [9.17, 15) is 25.3 Å². The van der Waals surface area contributed by atoms with Crippen molar-refractivity contribution in [2.75, 3.05) is 21.3 Å². The largest absolute Gasteiger partial charge is 1.00 e. The second-order valence-corrected chi connectivity index (χ2v) is 9.15. The number of hydrogen-bond acceptors (Lipinski definition) is 10. The van der Waals surface area contributed by atoms with Crippen LogP contribution in [0, 0.1) is 0 Å². The molecule has 0 radical (unpaired) electrons. The van der Waals surface area contributed by atoms with Gasteiger partial charge in [-0.25, -0.2) is 0 Å². The number of thiol groups is 1. The number of benzene rings is 1. The first-order valence-corrected chi connectivity index (χ1v) is 9.89. The quantitative estimate of drug-likeness (QED) is 0.295. The van der Waals surface area contributed by atoms with Gasteiger partial charge in [-0.1, -0.05) is 0 Å². The minimum Gasteiger partial charge on any atom is -1.00 e. The summed E-state index contributed by atoms with van der Waals surface area (Å²) in [6.07, 6.45) is 0. The average Bonchev–Trinajstić information content (AvgIpc) is 2.46. The van der Waals surface area contributed by atoms with Crippen LogP contribution in [0.1, 0.15) is 1.43 Å². The third-order valence-electron chi connectivity index (χ3n) is 2.50. The molecule has 1 aromatic carbocycles. The Hall–Kier alpha value is 0.300. The van der Waals surface area contributed by atoms with Crippen LogP contribution >= 0.6 is 12.6 Å². The molecule has 0 aliphatic carbocycles. The van der Waals surface area contributed by atoms with Crippen LogP contribution in [0.2, 0.25) is 0 Å². The van der Waals surface area contributed by atoms with Gasteiger partial charge >= 0.3 is 29.6 Å². The van der Waals surface area contributed by atoms with E-state index in [2.05, 4.69) is 25.2 Å². The van der Waals surface area contributed by atoms with Crippen LogP contribution in [0.3, 0.4) is 0 Å². The van der Waals surface area contributed by atoms with Crippen LogP contribution in [0.4, 0.5) is 0 Å². The van der Waals surface area contributed by atoms with Crippen molar-refractivity contribution in [3.63, 3.8) is 0 Å². The third kappa shape index (κ3) is 4.90. The second kappa shape index (κ2) is 8.12. The maximum absolute atomic E-state index is 11.8. The normalized spacial score (nSPS) is 12.7. The van der Waals surface area contributed by atoms with Crippen LogP contribution in [0.25, 0.3) is 0 Å². The van der Waals surface area contributed by atoms with Crippen molar-refractivity contribution in [1.82, 2.24) is 0 Å². The molecule has 0 saturated carbocycles. The van der Waals surface area contributed by atoms with E-state index in [4.69, 9.17) is 0 Å². The molecular formula is C9H13NaO9S4. The molecule has 0 unspecified atom stereocenters. The maximum atomic E-state index is 11.8. The molecule has 0 spiro atoms. The van der Waals surface area contributed by atoms with Gasteiger partial charge in [-0.05, 0) is 12.1 Å². The molecule has 1 rings (SSSR count). The van der Waals surface area contributed by atoms with E-state index in [1.54, 1.807) is 0 Å². The summed E-state index contributed by atoms with van der Waals surface area (Å²) < 4.78 is 83.5. The first-order valence-electron chi connectivity index (χ1n) is 5.22. The van der Waals surface area contributed by atoms with Crippen molar-refractivity contribution >= 4 is 43.0 Å². The molecule has 14 heteroatoms. The summed E-state index contributed by atoms with van der Waals surface area (Å²) in [4.78, 5) is -2.77. The topological polar surface area (TPSA) is 130 Å². The zero-order valence-corrected chi connectivity index (χ0v) is 17.8. The Balaban J connectivity index is 0. The van der Waals surface area contributed by atoms with Crippen molar-refractivity contribution in [2.24, 2.45) is 0 Å². The minimum absolute atomic E-state index is 0. The average molecular weight is 416 g/mol. The maximum Gasteiger partial charge on any atom is 1.00 e. The van der Waals surface area contributed by atoms with Gasteiger partial charge in [0.2, 0.25) is 0 Å². The van der Waals surface area contributed by atoms with Crippen LogP contribution < -0.4 is 29.6 Å². The molecule has 9 nitrogen and oxygen atoms in total. The fourth-order valence-electron chi connectivity index (χ4n) is 1.36. The predicted molar refractivity (Wildman–Crippen MR) is 77.4 cm³/mol. The van der Waals surface area contributed by atoms with Gasteiger partial charge in [0, 0.05) is 4.90 Å². The van der Waals surface area contributed by atoms with Gasteiger partial charge in [0.05, 0.1) is 26.2 Å². The molecule has 1 aromatic rings. The summed E-state index contributed by atoms with van der Waals surface area (Å²) in [5.74, 6) is 0. The molecule has 0 saturated heterocycles. The first-order chi connectivity index (χ1) is 9.93. The standard InChI is InChI=1S/C9H12O9S4.Na.H/c1-16-20(10,11)6-4-7(21(12,13)17-2)9(19)8(5-6)22(14,15)18-3;;/h4-5,19H,1-3H3;;/q;+1;-1. The summed E-state index contributed by atoms with van der Waals surface area (Å²) >= 11 is 3.82. The zero-order chi connectivity index (χ0) is 17.3. The van der Waals surface area contributed by atoms with Crippen molar-refractivity contribution < 1.29 is 68.8 Å². The van der Waals surface area contributed by atoms with Gasteiger partial charge in [-0.15, -0.1) is 12.6 Å². The van der Waals surface area contributed by atoms with Crippen molar-refractivity contribution in [2.45, 2.75) is 19.6 Å². The van der Waals surface area contributed by atoms with E-state index in [1.807, 2.05) is 0 Å². The molecule has 0 aliphatic rings. The number of hydrogen-bond donors (Lipinski definition) is 1. The Morgan fingerprint density at radius 2 is 1.09 bits per heavy atom.